The highest BCUT2D eigenvalue weighted by molar-refractivity contribution is 5.61. The Morgan fingerprint density at radius 1 is 1.12 bits per heavy atom. The van der Waals surface area contributed by atoms with Gasteiger partial charge in [0.15, 0.2) is 11.5 Å². The van der Waals surface area contributed by atoms with Crippen LogP contribution in [-0.2, 0) is 6.54 Å². The fourth-order valence-corrected chi connectivity index (χ4v) is 3.73. The average molecular weight is 343 g/mol. The van der Waals surface area contributed by atoms with Crippen LogP contribution in [0.15, 0.2) is 30.6 Å². The summed E-state index contributed by atoms with van der Waals surface area (Å²) in [6, 6.07) is 6.29. The summed E-state index contributed by atoms with van der Waals surface area (Å²) in [5.41, 5.74) is 1.03. The van der Waals surface area contributed by atoms with Gasteiger partial charge in [-0.05, 0) is 37.6 Å². The zero-order valence-corrected chi connectivity index (χ0v) is 14.4. The van der Waals surface area contributed by atoms with Gasteiger partial charge in [0, 0.05) is 37.1 Å². The van der Waals surface area contributed by atoms with Crippen LogP contribution < -0.4 is 9.47 Å². The first-order valence-electron chi connectivity index (χ1n) is 9.11. The average Bonchev–Trinajstić information content (AvgIpc) is 3.14. The van der Waals surface area contributed by atoms with Crippen LogP contribution in [0, 0.1) is 0 Å². The molecule has 134 valence electrons. The van der Waals surface area contributed by atoms with Crippen molar-refractivity contribution < 1.29 is 14.6 Å². The lowest BCUT2D eigenvalue weighted by atomic mass is 10.0. The predicted octanol–water partition coefficient (Wildman–Crippen LogP) is 2.17. The van der Waals surface area contributed by atoms with Crippen LogP contribution in [0.3, 0.4) is 0 Å². The lowest BCUT2D eigenvalue weighted by molar-refractivity contribution is 0.0873. The highest BCUT2D eigenvalue weighted by Gasteiger charge is 2.21. The molecule has 1 aromatic carbocycles. The van der Waals surface area contributed by atoms with Crippen LogP contribution in [0.25, 0.3) is 11.4 Å². The van der Waals surface area contributed by atoms with E-state index in [0.717, 1.165) is 48.9 Å². The van der Waals surface area contributed by atoms with Gasteiger partial charge in [-0.3, -0.25) is 4.90 Å². The molecule has 0 bridgehead atoms. The monoisotopic (exact) mass is 343 g/mol. The molecule has 0 aliphatic carbocycles. The standard InChI is InChI=1S/C19H25N3O3/c23-14-16-3-1-2-7-21(16)9-10-22-8-6-20-19(22)15-4-5-17-18(13-15)25-12-11-24-17/h4-6,8,13,16,23H,1-3,7,9-12,14H2/t16-/m0/s1. The summed E-state index contributed by atoms with van der Waals surface area (Å²) in [7, 11) is 0. The minimum atomic E-state index is 0.249. The number of benzene rings is 1. The van der Waals surface area contributed by atoms with Crippen molar-refractivity contribution in [2.24, 2.45) is 0 Å². The fourth-order valence-electron chi connectivity index (χ4n) is 3.73. The Hall–Kier alpha value is -2.05. The Morgan fingerprint density at radius 3 is 2.88 bits per heavy atom. The van der Waals surface area contributed by atoms with Crippen LogP contribution in [0.5, 0.6) is 11.5 Å². The molecule has 1 N–H and O–H groups in total. The topological polar surface area (TPSA) is 59.8 Å². The lowest BCUT2D eigenvalue weighted by Crippen LogP contribution is -2.43. The number of hydrogen-bond acceptors (Lipinski definition) is 5. The molecule has 2 aliphatic rings. The van der Waals surface area contributed by atoms with E-state index in [1.54, 1.807) is 0 Å². The first-order chi connectivity index (χ1) is 12.3. The molecule has 2 aliphatic heterocycles. The highest BCUT2D eigenvalue weighted by Crippen LogP contribution is 2.34. The summed E-state index contributed by atoms with van der Waals surface area (Å²) in [6.07, 6.45) is 7.38. The first-order valence-corrected chi connectivity index (χ1v) is 9.11. The first kappa shape index (κ1) is 16.4. The summed E-state index contributed by atoms with van der Waals surface area (Å²) in [6.45, 7) is 4.29. The zero-order valence-electron chi connectivity index (χ0n) is 14.4. The second-order valence-electron chi connectivity index (χ2n) is 6.67. The van der Waals surface area contributed by atoms with Gasteiger partial charge in [-0.1, -0.05) is 6.42 Å². The van der Waals surface area contributed by atoms with Gasteiger partial charge in [-0.2, -0.15) is 0 Å². The molecule has 4 rings (SSSR count). The molecule has 0 unspecified atom stereocenters. The van der Waals surface area contributed by atoms with Crippen molar-refractivity contribution in [2.45, 2.75) is 31.8 Å². The molecule has 6 nitrogen and oxygen atoms in total. The summed E-state index contributed by atoms with van der Waals surface area (Å²) in [5, 5.41) is 9.58. The Balaban J connectivity index is 1.49. The molecule has 6 heteroatoms. The molecule has 0 amide bonds. The predicted molar refractivity (Wildman–Crippen MR) is 95.0 cm³/mol. The quantitative estimate of drug-likeness (QED) is 0.902. The molecule has 2 aromatic rings. The van der Waals surface area contributed by atoms with Crippen LogP contribution in [0.1, 0.15) is 19.3 Å². The molecule has 0 spiro atoms. The van der Waals surface area contributed by atoms with Gasteiger partial charge in [0.1, 0.15) is 19.0 Å². The smallest absolute Gasteiger partial charge is 0.162 e. The Bertz CT molecular complexity index is 716. The molecule has 1 fully saturated rings. The highest BCUT2D eigenvalue weighted by atomic mass is 16.6. The van der Waals surface area contributed by atoms with Crippen molar-refractivity contribution in [3.8, 4) is 22.9 Å². The van der Waals surface area contributed by atoms with Crippen molar-refractivity contribution in [1.82, 2.24) is 14.5 Å². The summed E-state index contributed by atoms with van der Waals surface area (Å²) >= 11 is 0. The van der Waals surface area contributed by atoms with Crippen LogP contribution >= 0.6 is 0 Å². The molecule has 0 saturated carbocycles. The minimum absolute atomic E-state index is 0.249. The molecular weight excluding hydrogens is 318 g/mol. The van der Waals surface area contributed by atoms with Crippen molar-refractivity contribution in [2.75, 3.05) is 32.9 Å². The number of likely N-dealkylation sites (tertiary alicyclic amines) is 1. The second-order valence-corrected chi connectivity index (χ2v) is 6.67. The summed E-state index contributed by atoms with van der Waals surface area (Å²) in [5.74, 6) is 2.52. The van der Waals surface area contributed by atoms with Gasteiger partial charge < -0.3 is 19.1 Å². The largest absolute Gasteiger partial charge is 0.486 e. The fraction of sp³-hybridized carbons (Fsp3) is 0.526. The van der Waals surface area contributed by atoms with Crippen LogP contribution in [0.2, 0.25) is 0 Å². The Kier molecular flexibility index (Phi) is 4.90. The van der Waals surface area contributed by atoms with Crippen molar-refractivity contribution in [1.29, 1.82) is 0 Å². The number of hydrogen-bond donors (Lipinski definition) is 1. The SMILES string of the molecule is OC[C@@H]1CCCCN1CCn1ccnc1-c1ccc2c(c1)OCCO2. The van der Waals surface area contributed by atoms with Crippen molar-refractivity contribution in [3.05, 3.63) is 30.6 Å². The number of fused-ring (bicyclic) bond motifs is 1. The van der Waals surface area contributed by atoms with E-state index in [9.17, 15) is 5.11 Å². The van der Waals surface area contributed by atoms with Crippen LogP contribution in [-0.4, -0.2) is 58.5 Å². The Morgan fingerprint density at radius 2 is 2.00 bits per heavy atom. The zero-order chi connectivity index (χ0) is 17.1. The lowest BCUT2D eigenvalue weighted by Gasteiger charge is -2.34. The summed E-state index contributed by atoms with van der Waals surface area (Å²) in [4.78, 5) is 6.94. The molecule has 3 heterocycles. The van der Waals surface area contributed by atoms with Crippen molar-refractivity contribution in [3.63, 3.8) is 0 Å². The van der Waals surface area contributed by atoms with Crippen molar-refractivity contribution >= 4 is 0 Å². The third kappa shape index (κ3) is 3.50. The summed E-state index contributed by atoms with van der Waals surface area (Å²) < 4.78 is 13.5. The maximum absolute atomic E-state index is 9.58. The molecule has 0 radical (unpaired) electrons. The molecule has 25 heavy (non-hydrogen) atoms. The van der Waals surface area contributed by atoms with Gasteiger partial charge in [0.25, 0.3) is 0 Å². The normalized spacial score (nSPS) is 20.6. The number of imidazole rings is 1. The van der Waals surface area contributed by atoms with Gasteiger partial charge in [0.2, 0.25) is 0 Å². The van der Waals surface area contributed by atoms with E-state index in [1.165, 1.54) is 12.8 Å². The van der Waals surface area contributed by atoms with Gasteiger partial charge >= 0.3 is 0 Å². The number of aliphatic hydroxyl groups is 1. The minimum Gasteiger partial charge on any atom is -0.486 e. The number of ether oxygens (including phenoxy) is 2. The number of rotatable bonds is 5. The number of piperidine rings is 1. The molecule has 1 atom stereocenters. The number of aromatic nitrogens is 2. The molecular formula is C19H25N3O3. The molecule has 1 aromatic heterocycles. The van der Waals surface area contributed by atoms with Gasteiger partial charge in [0.05, 0.1) is 6.61 Å². The van der Waals surface area contributed by atoms with E-state index in [2.05, 4.69) is 14.5 Å². The maximum atomic E-state index is 9.58. The van der Waals surface area contributed by atoms with E-state index in [4.69, 9.17) is 9.47 Å². The second kappa shape index (κ2) is 7.45. The third-order valence-corrected chi connectivity index (χ3v) is 5.10. The van der Waals surface area contributed by atoms with E-state index in [-0.39, 0.29) is 6.61 Å². The maximum Gasteiger partial charge on any atom is 0.162 e. The third-order valence-electron chi connectivity index (χ3n) is 5.10. The van der Waals surface area contributed by atoms with Gasteiger partial charge in [-0.25, -0.2) is 4.98 Å². The molecule has 1 saturated heterocycles. The van der Waals surface area contributed by atoms with E-state index < -0.39 is 0 Å². The van der Waals surface area contributed by atoms with E-state index in [1.807, 2.05) is 30.6 Å². The number of aliphatic hydroxyl groups excluding tert-OH is 1. The van der Waals surface area contributed by atoms with E-state index in [0.29, 0.717) is 19.3 Å². The Labute approximate surface area is 148 Å². The van der Waals surface area contributed by atoms with E-state index >= 15 is 0 Å². The number of nitrogens with zero attached hydrogens (tertiary/aromatic N) is 3. The van der Waals surface area contributed by atoms with Gasteiger partial charge in [-0.15, -0.1) is 0 Å². The van der Waals surface area contributed by atoms with Crippen LogP contribution in [0.4, 0.5) is 0 Å².